The van der Waals surface area contributed by atoms with Gasteiger partial charge in [0, 0.05) is 32.9 Å². The van der Waals surface area contributed by atoms with Crippen molar-refractivity contribution in [3.8, 4) is 0 Å². The van der Waals surface area contributed by atoms with E-state index in [1.807, 2.05) is 37.6 Å². The van der Waals surface area contributed by atoms with Gasteiger partial charge in [-0.25, -0.2) is 14.2 Å². The van der Waals surface area contributed by atoms with Crippen molar-refractivity contribution in [2.24, 2.45) is 7.05 Å². The molecule has 0 spiro atoms. The Labute approximate surface area is 180 Å². The second-order valence-electron chi connectivity index (χ2n) is 8.21. The molecule has 0 aliphatic carbocycles. The van der Waals surface area contributed by atoms with Crippen molar-refractivity contribution in [1.82, 2.24) is 34.3 Å². The molecule has 0 bridgehead atoms. The molecule has 5 rings (SSSR count). The second kappa shape index (κ2) is 8.35. The van der Waals surface area contributed by atoms with Crippen LogP contribution in [0.15, 0.2) is 6.20 Å². The van der Waals surface area contributed by atoms with E-state index in [4.69, 9.17) is 14.5 Å². The number of hydrogen-bond acceptors (Lipinski definition) is 8. The normalized spacial score (nSPS) is 22.2. The number of aryl methyl sites for hydroxylation is 3. The maximum Gasteiger partial charge on any atom is 0.245 e. The molecule has 5 heterocycles. The van der Waals surface area contributed by atoms with Crippen LogP contribution < -0.4 is 4.90 Å². The first kappa shape index (κ1) is 20.1. The summed E-state index contributed by atoms with van der Waals surface area (Å²) in [6.07, 6.45) is 9.90. The third kappa shape index (κ3) is 4.17. The Morgan fingerprint density at radius 1 is 1.13 bits per heavy atom. The summed E-state index contributed by atoms with van der Waals surface area (Å²) in [6, 6.07) is 0. The van der Waals surface area contributed by atoms with Crippen molar-refractivity contribution >= 4 is 23.7 Å². The highest BCUT2D eigenvalue weighted by Crippen LogP contribution is 2.23. The van der Waals surface area contributed by atoms with Gasteiger partial charge in [0.05, 0.1) is 17.5 Å². The molecule has 3 aromatic heterocycles. The number of hydrogen-bond donors (Lipinski definition) is 0. The molecule has 10 nitrogen and oxygen atoms in total. The van der Waals surface area contributed by atoms with Gasteiger partial charge in [0.15, 0.2) is 23.6 Å². The van der Waals surface area contributed by atoms with Gasteiger partial charge in [0.25, 0.3) is 0 Å². The van der Waals surface area contributed by atoms with E-state index in [9.17, 15) is 0 Å². The minimum absolute atomic E-state index is 0.0608. The zero-order chi connectivity index (χ0) is 21.4. The van der Waals surface area contributed by atoms with Crippen LogP contribution in [0.5, 0.6) is 0 Å². The zero-order valence-electron chi connectivity index (χ0n) is 18.2. The van der Waals surface area contributed by atoms with Crippen molar-refractivity contribution in [2.75, 3.05) is 24.6 Å². The third-order valence-corrected chi connectivity index (χ3v) is 5.80. The summed E-state index contributed by atoms with van der Waals surface area (Å²) in [5.74, 6) is 2.09. The summed E-state index contributed by atoms with van der Waals surface area (Å²) in [5.41, 5.74) is 2.56. The SMILES string of the molecule is Cc1ncc(C)n2nc(/C=C/c3nc(N4CCC(OC5CCCCO5)C4)nn3C)nc12. The molecule has 0 N–H and O–H groups in total. The Balaban J connectivity index is 1.27. The monoisotopic (exact) mass is 424 g/mol. The molecule has 0 amide bonds. The molecule has 3 aromatic rings. The lowest BCUT2D eigenvalue weighted by Crippen LogP contribution is -2.30. The van der Waals surface area contributed by atoms with Crippen LogP contribution in [0.2, 0.25) is 0 Å². The lowest BCUT2D eigenvalue weighted by molar-refractivity contribution is -0.183. The number of ether oxygens (including phenoxy) is 2. The summed E-state index contributed by atoms with van der Waals surface area (Å²) in [7, 11) is 1.89. The predicted molar refractivity (Wildman–Crippen MR) is 115 cm³/mol. The first-order valence-corrected chi connectivity index (χ1v) is 10.9. The van der Waals surface area contributed by atoms with Gasteiger partial charge in [0.1, 0.15) is 0 Å². The first-order chi connectivity index (χ1) is 15.1. The molecule has 2 saturated heterocycles. The summed E-state index contributed by atoms with van der Waals surface area (Å²) in [4.78, 5) is 15.8. The van der Waals surface area contributed by atoms with E-state index in [-0.39, 0.29) is 12.4 Å². The van der Waals surface area contributed by atoms with Crippen LogP contribution in [0.4, 0.5) is 5.95 Å². The molecule has 2 aliphatic heterocycles. The average molecular weight is 425 g/mol. The van der Waals surface area contributed by atoms with E-state index in [1.54, 1.807) is 10.9 Å². The van der Waals surface area contributed by atoms with Gasteiger partial charge in [-0.3, -0.25) is 4.98 Å². The fraction of sp³-hybridized carbons (Fsp3) is 0.571. The summed E-state index contributed by atoms with van der Waals surface area (Å²) in [6.45, 7) is 6.36. The minimum atomic E-state index is -0.0608. The molecule has 2 unspecified atom stereocenters. The average Bonchev–Trinajstić information content (AvgIpc) is 3.49. The largest absolute Gasteiger partial charge is 0.353 e. The van der Waals surface area contributed by atoms with Crippen molar-refractivity contribution in [3.05, 3.63) is 29.2 Å². The lowest BCUT2D eigenvalue weighted by atomic mass is 10.2. The number of rotatable bonds is 5. The van der Waals surface area contributed by atoms with Gasteiger partial charge < -0.3 is 14.4 Å². The molecule has 0 saturated carbocycles. The Morgan fingerprint density at radius 3 is 2.84 bits per heavy atom. The van der Waals surface area contributed by atoms with Crippen molar-refractivity contribution < 1.29 is 9.47 Å². The van der Waals surface area contributed by atoms with E-state index in [1.165, 1.54) is 6.42 Å². The van der Waals surface area contributed by atoms with E-state index < -0.39 is 0 Å². The predicted octanol–water partition coefficient (Wildman–Crippen LogP) is 2.16. The topological polar surface area (TPSA) is 95.5 Å². The van der Waals surface area contributed by atoms with Crippen LogP contribution in [0.25, 0.3) is 17.8 Å². The highest BCUT2D eigenvalue weighted by atomic mass is 16.7. The smallest absolute Gasteiger partial charge is 0.245 e. The first-order valence-electron chi connectivity index (χ1n) is 10.9. The van der Waals surface area contributed by atoms with Gasteiger partial charge in [-0.1, -0.05) is 0 Å². The Kier molecular flexibility index (Phi) is 5.41. The van der Waals surface area contributed by atoms with Crippen LogP contribution in [0.3, 0.4) is 0 Å². The minimum Gasteiger partial charge on any atom is -0.353 e. The Morgan fingerprint density at radius 2 is 2.03 bits per heavy atom. The number of anilines is 1. The fourth-order valence-corrected chi connectivity index (χ4v) is 4.05. The van der Waals surface area contributed by atoms with E-state index in [2.05, 4.69) is 25.1 Å². The quantitative estimate of drug-likeness (QED) is 0.615. The van der Waals surface area contributed by atoms with Crippen LogP contribution >= 0.6 is 0 Å². The Hall–Kier alpha value is -2.85. The van der Waals surface area contributed by atoms with Crippen LogP contribution in [0, 0.1) is 13.8 Å². The van der Waals surface area contributed by atoms with Crippen molar-refractivity contribution in [3.63, 3.8) is 0 Å². The van der Waals surface area contributed by atoms with Crippen molar-refractivity contribution in [1.29, 1.82) is 0 Å². The molecule has 31 heavy (non-hydrogen) atoms. The molecule has 0 radical (unpaired) electrons. The molecular formula is C21H28N8O2. The van der Waals surface area contributed by atoms with Crippen molar-refractivity contribution in [2.45, 2.75) is 51.9 Å². The number of aromatic nitrogens is 7. The molecule has 10 heteroatoms. The number of fused-ring (bicyclic) bond motifs is 1. The second-order valence-corrected chi connectivity index (χ2v) is 8.21. The lowest BCUT2D eigenvalue weighted by Gasteiger charge is -2.25. The molecular weight excluding hydrogens is 396 g/mol. The summed E-state index contributed by atoms with van der Waals surface area (Å²) in [5, 5.41) is 9.14. The molecule has 0 aromatic carbocycles. The maximum atomic E-state index is 6.13. The Bertz CT molecular complexity index is 1060. The maximum absolute atomic E-state index is 6.13. The summed E-state index contributed by atoms with van der Waals surface area (Å²) >= 11 is 0. The van der Waals surface area contributed by atoms with Gasteiger partial charge in [-0.05, 0) is 51.7 Å². The van der Waals surface area contributed by atoms with E-state index >= 15 is 0 Å². The fourth-order valence-electron chi connectivity index (χ4n) is 4.05. The van der Waals surface area contributed by atoms with Gasteiger partial charge in [-0.2, -0.15) is 4.98 Å². The van der Waals surface area contributed by atoms with Crippen LogP contribution in [0.1, 0.15) is 48.7 Å². The molecule has 164 valence electrons. The third-order valence-electron chi connectivity index (χ3n) is 5.80. The molecule has 2 atom stereocenters. The highest BCUT2D eigenvalue weighted by Gasteiger charge is 2.29. The summed E-state index contributed by atoms with van der Waals surface area (Å²) < 4.78 is 15.4. The van der Waals surface area contributed by atoms with Gasteiger partial charge in [-0.15, -0.1) is 10.2 Å². The molecule has 2 fully saturated rings. The van der Waals surface area contributed by atoms with Gasteiger partial charge >= 0.3 is 0 Å². The highest BCUT2D eigenvalue weighted by molar-refractivity contribution is 5.65. The molecule has 2 aliphatic rings. The zero-order valence-corrected chi connectivity index (χ0v) is 18.2. The standard InChI is InChI=1S/C21H28N8O2/c1-14-12-22-15(2)20-23-17(25-29(14)20)7-8-18-24-21(26-27(18)3)28-10-9-16(13-28)31-19-6-4-5-11-30-19/h7-8,12,16,19H,4-6,9-11,13H2,1-3H3/b8-7+. The van der Waals surface area contributed by atoms with Gasteiger partial charge in [0.2, 0.25) is 5.95 Å². The number of nitrogens with zero attached hydrogens (tertiary/aromatic N) is 8. The van der Waals surface area contributed by atoms with E-state index in [0.29, 0.717) is 5.82 Å². The van der Waals surface area contributed by atoms with E-state index in [0.717, 1.165) is 67.8 Å². The van der Waals surface area contributed by atoms with Crippen LogP contribution in [-0.2, 0) is 16.5 Å². The van der Waals surface area contributed by atoms with Crippen LogP contribution in [-0.4, -0.2) is 66.4 Å².